The summed E-state index contributed by atoms with van der Waals surface area (Å²) in [5, 5.41) is 5.89. The molecular formula is C25H27FN4O5. The Kier molecular flexibility index (Phi) is 6.58. The van der Waals surface area contributed by atoms with Crippen LogP contribution in [0, 0.1) is 17.7 Å². The van der Waals surface area contributed by atoms with Gasteiger partial charge in [-0.1, -0.05) is 30.3 Å². The SMILES string of the molecule is COC(=O)[C@]1(Cc2ccccc2)N[C@H](CN(C)C(=O)Nc2ccc(F)cc2)[C@@H]2C(=O)N(C)C(=O)[C@@H]21. The number of anilines is 1. The molecule has 2 aromatic carbocycles. The summed E-state index contributed by atoms with van der Waals surface area (Å²) < 4.78 is 18.3. The minimum atomic E-state index is -1.47. The van der Waals surface area contributed by atoms with Crippen LogP contribution in [0.4, 0.5) is 14.9 Å². The number of hydrogen-bond acceptors (Lipinski definition) is 6. The van der Waals surface area contributed by atoms with E-state index in [0.717, 1.165) is 10.5 Å². The van der Waals surface area contributed by atoms with E-state index in [1.165, 1.54) is 50.4 Å². The number of ether oxygens (including phenoxy) is 1. The van der Waals surface area contributed by atoms with E-state index >= 15 is 0 Å². The smallest absolute Gasteiger partial charge is 0.327 e. The predicted octanol–water partition coefficient (Wildman–Crippen LogP) is 1.65. The Hall–Kier alpha value is -3.79. The molecule has 2 aromatic rings. The van der Waals surface area contributed by atoms with Crippen LogP contribution in [-0.4, -0.2) is 72.9 Å². The fourth-order valence-corrected chi connectivity index (χ4v) is 5.08. The van der Waals surface area contributed by atoms with Crippen LogP contribution in [0.15, 0.2) is 54.6 Å². The van der Waals surface area contributed by atoms with Gasteiger partial charge in [0, 0.05) is 38.8 Å². The van der Waals surface area contributed by atoms with Crippen LogP contribution in [0.5, 0.6) is 0 Å². The number of carbonyl (C=O) groups is 4. The van der Waals surface area contributed by atoms with Gasteiger partial charge in [0.05, 0.1) is 18.9 Å². The van der Waals surface area contributed by atoms with Gasteiger partial charge in [0.1, 0.15) is 11.4 Å². The van der Waals surface area contributed by atoms with Crippen molar-refractivity contribution >= 4 is 29.5 Å². The Balaban J connectivity index is 1.62. The second-order valence-corrected chi connectivity index (χ2v) is 8.93. The summed E-state index contributed by atoms with van der Waals surface area (Å²) in [5.74, 6) is -3.78. The number of carbonyl (C=O) groups excluding carboxylic acids is 4. The maximum Gasteiger partial charge on any atom is 0.327 e. The lowest BCUT2D eigenvalue weighted by molar-refractivity contribution is -0.153. The zero-order valence-electron chi connectivity index (χ0n) is 19.7. The highest BCUT2D eigenvalue weighted by molar-refractivity contribution is 6.09. The number of amides is 4. The maximum absolute atomic E-state index is 13.2. The van der Waals surface area contributed by atoms with Crippen LogP contribution in [0.3, 0.4) is 0 Å². The van der Waals surface area contributed by atoms with Crippen molar-refractivity contribution in [2.75, 3.05) is 33.1 Å². The van der Waals surface area contributed by atoms with E-state index in [1.54, 1.807) is 0 Å². The molecule has 9 nitrogen and oxygen atoms in total. The van der Waals surface area contributed by atoms with E-state index in [-0.39, 0.29) is 13.0 Å². The first-order valence-corrected chi connectivity index (χ1v) is 11.2. The van der Waals surface area contributed by atoms with Crippen molar-refractivity contribution in [3.63, 3.8) is 0 Å². The molecule has 0 saturated carbocycles. The van der Waals surface area contributed by atoms with Gasteiger partial charge < -0.3 is 15.0 Å². The molecule has 0 unspecified atom stereocenters. The molecule has 0 spiro atoms. The number of nitrogens with zero attached hydrogens (tertiary/aromatic N) is 2. The molecule has 4 amide bonds. The highest BCUT2D eigenvalue weighted by atomic mass is 19.1. The van der Waals surface area contributed by atoms with Crippen LogP contribution < -0.4 is 10.6 Å². The number of methoxy groups -OCH3 is 1. The highest BCUT2D eigenvalue weighted by Crippen LogP contribution is 2.44. The van der Waals surface area contributed by atoms with Gasteiger partial charge in [-0.15, -0.1) is 0 Å². The molecule has 2 heterocycles. The van der Waals surface area contributed by atoms with Crippen molar-refractivity contribution in [3.8, 4) is 0 Å². The molecule has 10 heteroatoms. The van der Waals surface area contributed by atoms with Crippen molar-refractivity contribution in [3.05, 3.63) is 66.0 Å². The Morgan fingerprint density at radius 1 is 1.11 bits per heavy atom. The number of halogens is 1. The minimum Gasteiger partial charge on any atom is -0.468 e. The second-order valence-electron chi connectivity index (χ2n) is 8.93. The van der Waals surface area contributed by atoms with Crippen molar-refractivity contribution in [2.24, 2.45) is 11.8 Å². The number of likely N-dealkylation sites (N-methyl/N-ethyl adjacent to an activating group) is 1. The quantitative estimate of drug-likeness (QED) is 0.479. The molecular weight excluding hydrogens is 455 g/mol. The van der Waals surface area contributed by atoms with Crippen molar-refractivity contribution in [1.29, 1.82) is 0 Å². The number of fused-ring (bicyclic) bond motifs is 1. The van der Waals surface area contributed by atoms with Crippen LogP contribution in [-0.2, 0) is 25.5 Å². The highest BCUT2D eigenvalue weighted by Gasteiger charge is 2.68. The summed E-state index contributed by atoms with van der Waals surface area (Å²) in [5.41, 5.74) is -0.278. The molecule has 0 radical (unpaired) electrons. The Labute approximate surface area is 202 Å². The summed E-state index contributed by atoms with van der Waals surface area (Å²) in [6, 6.07) is 13.3. The third-order valence-electron chi connectivity index (χ3n) is 6.77. The van der Waals surface area contributed by atoms with Gasteiger partial charge in [-0.2, -0.15) is 0 Å². The Bertz CT molecular complexity index is 1140. The van der Waals surface area contributed by atoms with Gasteiger partial charge >= 0.3 is 12.0 Å². The summed E-state index contributed by atoms with van der Waals surface area (Å²) in [6.45, 7) is 0.0363. The largest absolute Gasteiger partial charge is 0.468 e. The van der Waals surface area contributed by atoms with Gasteiger partial charge in [-0.3, -0.25) is 24.6 Å². The lowest BCUT2D eigenvalue weighted by atomic mass is 9.76. The van der Waals surface area contributed by atoms with Crippen LogP contribution >= 0.6 is 0 Å². The number of imide groups is 1. The molecule has 184 valence electrons. The maximum atomic E-state index is 13.2. The fraction of sp³-hybridized carbons (Fsp3) is 0.360. The van der Waals surface area contributed by atoms with E-state index in [0.29, 0.717) is 5.69 Å². The predicted molar refractivity (Wildman–Crippen MR) is 125 cm³/mol. The molecule has 2 aliphatic heterocycles. The second kappa shape index (κ2) is 9.46. The van der Waals surface area contributed by atoms with Crippen LogP contribution in [0.25, 0.3) is 0 Å². The number of hydrogen-bond donors (Lipinski definition) is 2. The third-order valence-corrected chi connectivity index (χ3v) is 6.77. The van der Waals surface area contributed by atoms with Gasteiger partial charge in [-0.25, -0.2) is 9.18 Å². The summed E-state index contributed by atoms with van der Waals surface area (Å²) in [4.78, 5) is 54.6. The van der Waals surface area contributed by atoms with Crippen molar-refractivity contribution < 1.29 is 28.3 Å². The summed E-state index contributed by atoms with van der Waals surface area (Å²) >= 11 is 0. The van der Waals surface area contributed by atoms with Crippen LogP contribution in [0.1, 0.15) is 5.56 Å². The standard InChI is InChI=1S/C25H27FN4O5/c1-29(24(34)27-17-11-9-16(26)10-12-17)14-18-19-20(22(32)30(2)21(19)31)25(28-18,23(33)35-3)13-15-7-5-4-6-8-15/h4-12,18-20,28H,13-14H2,1-3H3,(H,27,34)/t18-,19+,20-,25-/m1/s1. The topological polar surface area (TPSA) is 108 Å². The lowest BCUT2D eigenvalue weighted by Gasteiger charge is -2.32. The molecule has 35 heavy (non-hydrogen) atoms. The van der Waals surface area contributed by atoms with E-state index in [9.17, 15) is 23.6 Å². The van der Waals surface area contributed by atoms with Gasteiger partial charge in [0.2, 0.25) is 11.8 Å². The van der Waals surface area contributed by atoms with E-state index < -0.39 is 53.0 Å². The third kappa shape index (κ3) is 4.37. The number of rotatable bonds is 6. The van der Waals surface area contributed by atoms with E-state index in [1.807, 2.05) is 30.3 Å². The van der Waals surface area contributed by atoms with Crippen molar-refractivity contribution in [1.82, 2.24) is 15.1 Å². The molecule has 0 bridgehead atoms. The Morgan fingerprint density at radius 2 is 1.77 bits per heavy atom. The molecule has 0 aromatic heterocycles. The number of benzene rings is 2. The van der Waals surface area contributed by atoms with Gasteiger partial charge in [0.25, 0.3) is 0 Å². The zero-order chi connectivity index (χ0) is 25.3. The molecule has 2 saturated heterocycles. The molecule has 2 fully saturated rings. The minimum absolute atomic E-state index is 0.0363. The average molecular weight is 483 g/mol. The van der Waals surface area contributed by atoms with Gasteiger partial charge in [0.15, 0.2) is 0 Å². The molecule has 2 aliphatic rings. The average Bonchev–Trinajstić information content (AvgIpc) is 3.29. The molecule has 4 atom stereocenters. The zero-order valence-corrected chi connectivity index (χ0v) is 19.7. The van der Waals surface area contributed by atoms with Crippen molar-refractivity contribution in [2.45, 2.75) is 18.0 Å². The number of likely N-dealkylation sites (tertiary alicyclic amines) is 1. The summed E-state index contributed by atoms with van der Waals surface area (Å²) in [6.07, 6.45) is 0.135. The first-order valence-electron chi connectivity index (χ1n) is 11.2. The molecule has 0 aliphatic carbocycles. The monoisotopic (exact) mass is 482 g/mol. The van der Waals surface area contributed by atoms with Gasteiger partial charge in [-0.05, 0) is 29.8 Å². The number of nitrogens with one attached hydrogen (secondary N) is 2. The lowest BCUT2D eigenvalue weighted by Crippen LogP contribution is -2.59. The molecule has 2 N–H and O–H groups in total. The van der Waals surface area contributed by atoms with E-state index in [2.05, 4.69) is 10.6 Å². The normalized spacial score (nSPS) is 25.4. The van der Waals surface area contributed by atoms with E-state index in [4.69, 9.17) is 4.74 Å². The first kappa shape index (κ1) is 24.3. The Morgan fingerprint density at radius 3 is 2.40 bits per heavy atom. The first-order chi connectivity index (χ1) is 16.7. The number of esters is 1. The molecule has 4 rings (SSSR count). The fourth-order valence-electron chi connectivity index (χ4n) is 5.08. The summed E-state index contributed by atoms with van der Waals surface area (Å²) in [7, 11) is 4.18. The van der Waals surface area contributed by atoms with Crippen LogP contribution in [0.2, 0.25) is 0 Å². The number of urea groups is 1.